The number of rotatable bonds is 6. The van der Waals surface area contributed by atoms with Gasteiger partial charge in [0.05, 0.1) is 6.61 Å². The third-order valence-corrected chi connectivity index (χ3v) is 3.32. The van der Waals surface area contributed by atoms with Crippen LogP contribution in [0.2, 0.25) is 0 Å². The fourth-order valence-electron chi connectivity index (χ4n) is 2.08. The molecule has 0 unspecified atom stereocenters. The molecule has 2 rings (SSSR count). The van der Waals surface area contributed by atoms with Crippen LogP contribution in [0.4, 0.5) is 10.5 Å². The van der Waals surface area contributed by atoms with Crippen molar-refractivity contribution in [2.75, 3.05) is 19.0 Å². The molecule has 0 aliphatic heterocycles. The summed E-state index contributed by atoms with van der Waals surface area (Å²) >= 11 is 0. The molecule has 0 aromatic heterocycles. The van der Waals surface area contributed by atoms with E-state index in [0.717, 1.165) is 11.3 Å². The molecule has 24 heavy (non-hydrogen) atoms. The molecular formula is C18H21N3O3. The third-order valence-electron chi connectivity index (χ3n) is 3.32. The predicted octanol–water partition coefficient (Wildman–Crippen LogP) is 2.77. The van der Waals surface area contributed by atoms with E-state index in [1.54, 1.807) is 43.4 Å². The van der Waals surface area contributed by atoms with Crippen molar-refractivity contribution in [3.8, 4) is 5.75 Å². The first-order chi connectivity index (χ1) is 11.6. The van der Waals surface area contributed by atoms with E-state index in [4.69, 9.17) is 4.74 Å². The zero-order valence-corrected chi connectivity index (χ0v) is 13.8. The molecule has 3 amide bonds. The van der Waals surface area contributed by atoms with Gasteiger partial charge in [0.25, 0.3) is 5.91 Å². The summed E-state index contributed by atoms with van der Waals surface area (Å²) in [6.07, 6.45) is 0. The van der Waals surface area contributed by atoms with E-state index in [1.165, 1.54) is 0 Å². The van der Waals surface area contributed by atoms with Crippen LogP contribution in [-0.2, 0) is 6.54 Å². The van der Waals surface area contributed by atoms with Crippen molar-refractivity contribution in [2.24, 2.45) is 0 Å². The third kappa shape index (κ3) is 5.01. The zero-order chi connectivity index (χ0) is 17.4. The summed E-state index contributed by atoms with van der Waals surface area (Å²) in [4.78, 5) is 23.4. The summed E-state index contributed by atoms with van der Waals surface area (Å²) in [7, 11) is 1.59. The van der Waals surface area contributed by atoms with Gasteiger partial charge in [-0.15, -0.1) is 0 Å². The topological polar surface area (TPSA) is 79.5 Å². The van der Waals surface area contributed by atoms with E-state index in [2.05, 4.69) is 16.0 Å². The molecule has 0 saturated heterocycles. The number of amides is 3. The molecule has 0 heterocycles. The molecule has 0 atom stereocenters. The van der Waals surface area contributed by atoms with E-state index in [1.807, 2.05) is 19.1 Å². The van der Waals surface area contributed by atoms with Crippen molar-refractivity contribution in [1.29, 1.82) is 0 Å². The molecule has 0 spiro atoms. The second-order valence-corrected chi connectivity index (χ2v) is 5.04. The molecule has 6 nitrogen and oxygen atoms in total. The highest BCUT2D eigenvalue weighted by molar-refractivity contribution is 5.94. The lowest BCUT2D eigenvalue weighted by molar-refractivity contribution is 0.0963. The molecular weight excluding hydrogens is 306 g/mol. The molecule has 0 radical (unpaired) electrons. The van der Waals surface area contributed by atoms with Gasteiger partial charge in [-0.1, -0.05) is 12.1 Å². The average molecular weight is 327 g/mol. The average Bonchev–Trinajstić information content (AvgIpc) is 2.61. The Morgan fingerprint density at radius 2 is 1.67 bits per heavy atom. The summed E-state index contributed by atoms with van der Waals surface area (Å²) < 4.78 is 5.35. The van der Waals surface area contributed by atoms with Crippen LogP contribution in [0.15, 0.2) is 48.5 Å². The lowest BCUT2D eigenvalue weighted by Gasteiger charge is -2.09. The Bertz CT molecular complexity index is 682. The van der Waals surface area contributed by atoms with Gasteiger partial charge in [-0.3, -0.25) is 4.79 Å². The first-order valence-corrected chi connectivity index (χ1v) is 7.71. The van der Waals surface area contributed by atoms with E-state index in [0.29, 0.717) is 24.4 Å². The number of hydrogen-bond acceptors (Lipinski definition) is 3. The smallest absolute Gasteiger partial charge is 0.319 e. The molecule has 2 aromatic carbocycles. The Balaban J connectivity index is 1.83. The first kappa shape index (κ1) is 17.3. The largest absolute Gasteiger partial charge is 0.494 e. The van der Waals surface area contributed by atoms with Crippen LogP contribution < -0.4 is 20.7 Å². The molecule has 0 bridgehead atoms. The first-order valence-electron chi connectivity index (χ1n) is 7.71. The zero-order valence-electron chi connectivity index (χ0n) is 13.8. The van der Waals surface area contributed by atoms with Gasteiger partial charge in [0.15, 0.2) is 0 Å². The predicted molar refractivity (Wildman–Crippen MR) is 93.3 cm³/mol. The number of anilines is 1. The second-order valence-electron chi connectivity index (χ2n) is 5.04. The summed E-state index contributed by atoms with van der Waals surface area (Å²) in [6.45, 7) is 2.89. The summed E-state index contributed by atoms with van der Waals surface area (Å²) in [5, 5.41) is 8.08. The molecule has 0 aliphatic rings. The van der Waals surface area contributed by atoms with Crippen LogP contribution in [0.5, 0.6) is 5.75 Å². The van der Waals surface area contributed by atoms with Crippen molar-refractivity contribution in [3.63, 3.8) is 0 Å². The normalized spacial score (nSPS) is 9.92. The fourth-order valence-corrected chi connectivity index (χ4v) is 2.08. The van der Waals surface area contributed by atoms with Crippen LogP contribution in [0.1, 0.15) is 22.8 Å². The highest BCUT2D eigenvalue weighted by atomic mass is 16.5. The molecule has 126 valence electrons. The van der Waals surface area contributed by atoms with Gasteiger partial charge >= 0.3 is 6.03 Å². The number of benzene rings is 2. The molecule has 0 saturated carbocycles. The van der Waals surface area contributed by atoms with Crippen LogP contribution in [0, 0.1) is 0 Å². The minimum absolute atomic E-state index is 0.136. The van der Waals surface area contributed by atoms with E-state index >= 15 is 0 Å². The Labute approximate surface area is 141 Å². The number of nitrogens with one attached hydrogen (secondary N) is 3. The monoisotopic (exact) mass is 327 g/mol. The van der Waals surface area contributed by atoms with Gasteiger partial charge in [-0.2, -0.15) is 0 Å². The number of urea groups is 1. The molecule has 0 aliphatic carbocycles. The van der Waals surface area contributed by atoms with Crippen molar-refractivity contribution >= 4 is 17.6 Å². The van der Waals surface area contributed by atoms with Crippen LogP contribution in [0.25, 0.3) is 0 Å². The van der Waals surface area contributed by atoms with Gasteiger partial charge in [-0.05, 0) is 48.9 Å². The maximum absolute atomic E-state index is 11.9. The SMILES string of the molecule is CCOc1ccc(NC(=O)NCc2ccc(C(=O)NC)cc2)cc1. The Morgan fingerprint density at radius 1 is 1.00 bits per heavy atom. The number of carbonyl (C=O) groups excluding carboxylic acids is 2. The van der Waals surface area contributed by atoms with Gasteiger partial charge < -0.3 is 20.7 Å². The Hall–Kier alpha value is -3.02. The molecule has 2 aromatic rings. The van der Waals surface area contributed by atoms with Crippen molar-refractivity contribution in [1.82, 2.24) is 10.6 Å². The van der Waals surface area contributed by atoms with Gasteiger partial charge in [-0.25, -0.2) is 4.79 Å². The molecule has 0 fully saturated rings. The number of carbonyl (C=O) groups is 2. The summed E-state index contributed by atoms with van der Waals surface area (Å²) in [5.41, 5.74) is 2.18. The minimum atomic E-state index is -0.297. The van der Waals surface area contributed by atoms with Crippen molar-refractivity contribution in [3.05, 3.63) is 59.7 Å². The Kier molecular flexibility index (Phi) is 6.19. The van der Waals surface area contributed by atoms with Gasteiger partial charge in [0.1, 0.15) is 5.75 Å². The second kappa shape index (κ2) is 8.57. The van der Waals surface area contributed by atoms with Crippen molar-refractivity contribution < 1.29 is 14.3 Å². The van der Waals surface area contributed by atoms with E-state index in [9.17, 15) is 9.59 Å². The Morgan fingerprint density at radius 3 is 2.25 bits per heavy atom. The summed E-state index contributed by atoms with van der Waals surface area (Å²) in [6, 6.07) is 13.9. The standard InChI is InChI=1S/C18H21N3O3/c1-3-24-16-10-8-15(9-11-16)21-18(23)20-12-13-4-6-14(7-5-13)17(22)19-2/h4-11H,3,12H2,1-2H3,(H,19,22)(H2,20,21,23). The highest BCUT2D eigenvalue weighted by Crippen LogP contribution is 2.15. The highest BCUT2D eigenvalue weighted by Gasteiger charge is 2.04. The lowest BCUT2D eigenvalue weighted by atomic mass is 10.1. The molecule has 6 heteroatoms. The maximum Gasteiger partial charge on any atom is 0.319 e. The van der Waals surface area contributed by atoms with E-state index in [-0.39, 0.29) is 11.9 Å². The quantitative estimate of drug-likeness (QED) is 0.763. The van der Waals surface area contributed by atoms with Crippen LogP contribution >= 0.6 is 0 Å². The lowest BCUT2D eigenvalue weighted by Crippen LogP contribution is -2.28. The molecule has 3 N–H and O–H groups in total. The van der Waals surface area contributed by atoms with Crippen LogP contribution in [-0.4, -0.2) is 25.6 Å². The van der Waals surface area contributed by atoms with Crippen LogP contribution in [0.3, 0.4) is 0 Å². The fraction of sp³-hybridized carbons (Fsp3) is 0.222. The van der Waals surface area contributed by atoms with Gasteiger partial charge in [0.2, 0.25) is 0 Å². The number of ether oxygens (including phenoxy) is 1. The van der Waals surface area contributed by atoms with Crippen molar-refractivity contribution in [2.45, 2.75) is 13.5 Å². The van der Waals surface area contributed by atoms with E-state index < -0.39 is 0 Å². The maximum atomic E-state index is 11.9. The summed E-state index contributed by atoms with van der Waals surface area (Å²) in [5.74, 6) is 0.627. The number of hydrogen-bond donors (Lipinski definition) is 3. The minimum Gasteiger partial charge on any atom is -0.494 e. The van der Waals surface area contributed by atoms with Gasteiger partial charge in [0, 0.05) is 24.8 Å².